The van der Waals surface area contributed by atoms with E-state index in [4.69, 9.17) is 0 Å². The Morgan fingerprint density at radius 3 is 2.93 bits per heavy atom. The number of esters is 1. The molecule has 0 spiro atoms. The maximum Gasteiger partial charge on any atom is 0.337 e. The molecule has 0 saturated carbocycles. The van der Waals surface area contributed by atoms with Gasteiger partial charge < -0.3 is 4.74 Å². The van der Waals surface area contributed by atoms with Gasteiger partial charge in [-0.25, -0.2) is 4.79 Å². The predicted octanol–water partition coefficient (Wildman–Crippen LogP) is 1.96. The lowest BCUT2D eigenvalue weighted by molar-refractivity contribution is 0.0601. The molecule has 0 radical (unpaired) electrons. The Morgan fingerprint density at radius 2 is 2.27 bits per heavy atom. The second-order valence-electron chi connectivity index (χ2n) is 3.14. The summed E-state index contributed by atoms with van der Waals surface area (Å²) in [5.74, 6) is -0.336. The Hall–Kier alpha value is -1.11. The van der Waals surface area contributed by atoms with Crippen LogP contribution in [0.15, 0.2) is 18.2 Å². The average Bonchev–Trinajstić information content (AvgIpc) is 2.53. The molecule has 0 N–H and O–H groups in total. The van der Waals surface area contributed by atoms with Crippen LogP contribution in [0.5, 0.6) is 0 Å². The molecule has 2 rings (SSSR count). The first-order valence-corrected chi connectivity index (χ1v) is 5.42. The lowest BCUT2D eigenvalue weighted by atomic mass is 10.2. The Kier molecular flexibility index (Phi) is 2.64. The molecule has 5 heteroatoms. The summed E-state index contributed by atoms with van der Waals surface area (Å²) in [5, 5.41) is 5.34. The van der Waals surface area contributed by atoms with E-state index in [1.807, 2.05) is 13.1 Å². The van der Waals surface area contributed by atoms with Gasteiger partial charge in [-0.05, 0) is 40.8 Å². The van der Waals surface area contributed by atoms with Gasteiger partial charge in [-0.15, -0.1) is 0 Å². The molecular weight excluding hydrogens is 307 g/mol. The number of hydrogen-bond donors (Lipinski definition) is 0. The van der Waals surface area contributed by atoms with E-state index in [9.17, 15) is 4.79 Å². The van der Waals surface area contributed by atoms with Crippen molar-refractivity contribution < 1.29 is 9.53 Å². The second-order valence-corrected chi connectivity index (χ2v) is 4.16. The summed E-state index contributed by atoms with van der Waals surface area (Å²) in [6.07, 6.45) is 0. The molecule has 0 unspecified atom stereocenters. The number of aryl methyl sites for hydroxylation is 1. The van der Waals surface area contributed by atoms with Crippen molar-refractivity contribution in [1.29, 1.82) is 0 Å². The van der Waals surface area contributed by atoms with Gasteiger partial charge in [-0.3, -0.25) is 4.68 Å². The molecule has 2 aromatic rings. The zero-order chi connectivity index (χ0) is 11.0. The van der Waals surface area contributed by atoms with Crippen molar-refractivity contribution in [3.63, 3.8) is 0 Å². The van der Waals surface area contributed by atoms with Gasteiger partial charge in [0.1, 0.15) is 3.70 Å². The van der Waals surface area contributed by atoms with Crippen LogP contribution in [0.4, 0.5) is 0 Å². The molecule has 0 fully saturated rings. The average molecular weight is 316 g/mol. The number of fused-ring (bicyclic) bond motifs is 1. The molecule has 15 heavy (non-hydrogen) atoms. The lowest BCUT2D eigenvalue weighted by Gasteiger charge is -1.97. The molecule has 1 heterocycles. The predicted molar refractivity (Wildman–Crippen MR) is 64.8 cm³/mol. The molecule has 0 atom stereocenters. The third-order valence-corrected chi connectivity index (χ3v) is 3.46. The summed E-state index contributed by atoms with van der Waals surface area (Å²) in [6, 6.07) is 5.37. The highest BCUT2D eigenvalue weighted by Crippen LogP contribution is 2.20. The van der Waals surface area contributed by atoms with Crippen LogP contribution in [0.25, 0.3) is 10.9 Å². The van der Waals surface area contributed by atoms with Crippen LogP contribution < -0.4 is 0 Å². The second kappa shape index (κ2) is 3.80. The number of hydrogen-bond acceptors (Lipinski definition) is 3. The van der Waals surface area contributed by atoms with Gasteiger partial charge >= 0.3 is 5.97 Å². The molecule has 0 aliphatic rings. The van der Waals surface area contributed by atoms with Crippen molar-refractivity contribution in [3.05, 3.63) is 27.5 Å². The number of nitrogens with zero attached hydrogens (tertiary/aromatic N) is 2. The fourth-order valence-corrected chi connectivity index (χ4v) is 1.98. The fraction of sp³-hybridized carbons (Fsp3) is 0.200. The highest BCUT2D eigenvalue weighted by Gasteiger charge is 2.10. The molecule has 0 bridgehead atoms. The number of halogens is 1. The molecule has 0 aliphatic heterocycles. The first-order valence-electron chi connectivity index (χ1n) is 4.34. The van der Waals surface area contributed by atoms with Gasteiger partial charge in [-0.1, -0.05) is 0 Å². The van der Waals surface area contributed by atoms with Crippen LogP contribution in [0, 0.1) is 3.70 Å². The van der Waals surface area contributed by atoms with E-state index in [1.165, 1.54) is 7.11 Å². The number of ether oxygens (including phenoxy) is 1. The summed E-state index contributed by atoms with van der Waals surface area (Å²) < 4.78 is 7.49. The fourth-order valence-electron chi connectivity index (χ4n) is 1.41. The van der Waals surface area contributed by atoms with Crippen LogP contribution in [0.2, 0.25) is 0 Å². The van der Waals surface area contributed by atoms with Crippen molar-refractivity contribution >= 4 is 39.5 Å². The molecule has 78 valence electrons. The number of aromatic nitrogens is 2. The minimum Gasteiger partial charge on any atom is -0.465 e. The molecule has 4 nitrogen and oxygen atoms in total. The minimum atomic E-state index is -0.336. The zero-order valence-corrected chi connectivity index (χ0v) is 10.5. The van der Waals surface area contributed by atoms with Gasteiger partial charge in [0.15, 0.2) is 0 Å². The molecule has 0 aliphatic carbocycles. The number of carbonyl (C=O) groups excluding carboxylic acids is 1. The summed E-state index contributed by atoms with van der Waals surface area (Å²) in [4.78, 5) is 11.3. The number of rotatable bonds is 1. The summed E-state index contributed by atoms with van der Waals surface area (Å²) in [6.45, 7) is 0. The summed E-state index contributed by atoms with van der Waals surface area (Å²) in [7, 11) is 3.24. The van der Waals surface area contributed by atoms with Crippen molar-refractivity contribution in [2.45, 2.75) is 0 Å². The van der Waals surface area contributed by atoms with Crippen LogP contribution >= 0.6 is 22.6 Å². The highest BCUT2D eigenvalue weighted by molar-refractivity contribution is 14.1. The Morgan fingerprint density at radius 1 is 1.53 bits per heavy atom. The number of carbonyl (C=O) groups is 1. The number of benzene rings is 1. The Labute approximate surface area is 100 Å². The van der Waals surface area contributed by atoms with Crippen molar-refractivity contribution in [1.82, 2.24) is 9.78 Å². The van der Waals surface area contributed by atoms with E-state index in [0.29, 0.717) is 5.56 Å². The highest BCUT2D eigenvalue weighted by atomic mass is 127. The molecule has 0 saturated heterocycles. The van der Waals surface area contributed by atoms with E-state index in [1.54, 1.807) is 16.8 Å². The van der Waals surface area contributed by atoms with Gasteiger partial charge in [-0.2, -0.15) is 5.10 Å². The SMILES string of the molecule is COC(=O)c1ccc2c(I)n(C)nc2c1. The van der Waals surface area contributed by atoms with Gasteiger partial charge in [0, 0.05) is 12.4 Å². The molecule has 0 amide bonds. The van der Waals surface area contributed by atoms with E-state index >= 15 is 0 Å². The first-order chi connectivity index (χ1) is 7.13. The zero-order valence-electron chi connectivity index (χ0n) is 8.32. The molecule has 1 aromatic heterocycles. The monoisotopic (exact) mass is 316 g/mol. The largest absolute Gasteiger partial charge is 0.465 e. The normalized spacial score (nSPS) is 10.6. The Balaban J connectivity index is 2.62. The lowest BCUT2D eigenvalue weighted by Crippen LogP contribution is -2.00. The standard InChI is InChI=1S/C10H9IN2O2/c1-13-9(11)7-4-3-6(10(14)15-2)5-8(7)12-13/h3-5H,1-2H3. The summed E-state index contributed by atoms with van der Waals surface area (Å²) in [5.41, 5.74) is 1.34. The van der Waals surface area contributed by atoms with Crippen LogP contribution in [-0.2, 0) is 11.8 Å². The molecular formula is C10H9IN2O2. The number of methoxy groups -OCH3 is 1. The summed E-state index contributed by atoms with van der Waals surface area (Å²) >= 11 is 2.22. The van der Waals surface area contributed by atoms with Crippen LogP contribution in [-0.4, -0.2) is 22.9 Å². The topological polar surface area (TPSA) is 44.1 Å². The maximum atomic E-state index is 11.3. The maximum absolute atomic E-state index is 11.3. The third-order valence-electron chi connectivity index (χ3n) is 2.18. The minimum absolute atomic E-state index is 0.336. The van der Waals surface area contributed by atoms with Gasteiger partial charge in [0.2, 0.25) is 0 Å². The van der Waals surface area contributed by atoms with Crippen molar-refractivity contribution in [2.24, 2.45) is 7.05 Å². The van der Waals surface area contributed by atoms with Crippen molar-refractivity contribution in [3.8, 4) is 0 Å². The Bertz CT molecular complexity index is 533. The van der Waals surface area contributed by atoms with Crippen LogP contribution in [0.3, 0.4) is 0 Å². The van der Waals surface area contributed by atoms with E-state index in [0.717, 1.165) is 14.6 Å². The smallest absolute Gasteiger partial charge is 0.337 e. The quantitative estimate of drug-likeness (QED) is 0.597. The first kappa shape index (κ1) is 10.4. The van der Waals surface area contributed by atoms with E-state index < -0.39 is 0 Å². The van der Waals surface area contributed by atoms with Gasteiger partial charge in [0.05, 0.1) is 18.2 Å². The van der Waals surface area contributed by atoms with Crippen molar-refractivity contribution in [2.75, 3.05) is 7.11 Å². The molecule has 1 aromatic carbocycles. The van der Waals surface area contributed by atoms with E-state index in [-0.39, 0.29) is 5.97 Å². The van der Waals surface area contributed by atoms with Crippen LogP contribution in [0.1, 0.15) is 10.4 Å². The third kappa shape index (κ3) is 1.71. The van der Waals surface area contributed by atoms with E-state index in [2.05, 4.69) is 32.4 Å². The van der Waals surface area contributed by atoms with Gasteiger partial charge in [0.25, 0.3) is 0 Å².